The van der Waals surface area contributed by atoms with Crippen molar-refractivity contribution >= 4 is 23.4 Å². The molecule has 0 amide bonds. The molecule has 21 heavy (non-hydrogen) atoms. The lowest BCUT2D eigenvalue weighted by Crippen LogP contribution is -2.12. The maximum atomic E-state index is 6.25. The molecule has 0 radical (unpaired) electrons. The first-order valence-electron chi connectivity index (χ1n) is 6.80. The van der Waals surface area contributed by atoms with Crippen LogP contribution in [0.1, 0.15) is 22.7 Å². The number of halogens is 1. The van der Waals surface area contributed by atoms with Crippen molar-refractivity contribution in [1.82, 2.24) is 9.55 Å². The molecule has 1 atom stereocenters. The Balaban J connectivity index is 2.00. The van der Waals surface area contributed by atoms with Gasteiger partial charge in [0.1, 0.15) is 0 Å². The zero-order valence-electron chi connectivity index (χ0n) is 11.2. The van der Waals surface area contributed by atoms with Gasteiger partial charge < -0.3 is 4.57 Å². The average molecular weight is 313 g/mol. The molecular weight excluding hydrogens is 300 g/mol. The Morgan fingerprint density at radius 2 is 2.05 bits per heavy atom. The van der Waals surface area contributed by atoms with Gasteiger partial charge in [0.25, 0.3) is 0 Å². The van der Waals surface area contributed by atoms with E-state index in [0.717, 1.165) is 10.8 Å². The molecule has 2 heterocycles. The summed E-state index contributed by atoms with van der Waals surface area (Å²) in [5, 5.41) is 0.777. The summed E-state index contributed by atoms with van der Waals surface area (Å²) in [6, 6.07) is 14.9. The van der Waals surface area contributed by atoms with Crippen LogP contribution in [0.15, 0.2) is 66.1 Å². The van der Waals surface area contributed by atoms with Crippen LogP contribution in [-0.4, -0.2) is 9.55 Å². The minimum Gasteiger partial charge on any atom is -0.326 e. The van der Waals surface area contributed by atoms with E-state index in [0.29, 0.717) is 0 Å². The fourth-order valence-electron chi connectivity index (χ4n) is 2.86. The van der Waals surface area contributed by atoms with Crippen molar-refractivity contribution in [1.29, 1.82) is 0 Å². The molecule has 4 heteroatoms. The number of imidazole rings is 1. The lowest BCUT2D eigenvalue weighted by molar-refractivity contribution is 0.664. The molecule has 1 aliphatic heterocycles. The van der Waals surface area contributed by atoms with E-state index in [1.807, 2.05) is 36.5 Å². The van der Waals surface area contributed by atoms with E-state index in [-0.39, 0.29) is 6.04 Å². The second-order valence-corrected chi connectivity index (χ2v) is 6.54. The largest absolute Gasteiger partial charge is 0.326 e. The Morgan fingerprint density at radius 1 is 1.14 bits per heavy atom. The van der Waals surface area contributed by atoms with E-state index in [1.54, 1.807) is 0 Å². The quantitative estimate of drug-likeness (QED) is 0.643. The SMILES string of the molecule is Clc1ccc2c(c1)C(n1ccnc1)c1ccccc1CS2. The number of thioether (sulfide) groups is 1. The van der Waals surface area contributed by atoms with Gasteiger partial charge in [-0.05, 0) is 34.9 Å². The van der Waals surface area contributed by atoms with Crippen LogP contribution in [-0.2, 0) is 5.75 Å². The molecule has 2 nitrogen and oxygen atoms in total. The van der Waals surface area contributed by atoms with Crippen LogP contribution in [0.2, 0.25) is 5.02 Å². The fourth-order valence-corrected chi connectivity index (χ4v) is 4.12. The highest BCUT2D eigenvalue weighted by molar-refractivity contribution is 7.98. The van der Waals surface area contributed by atoms with Gasteiger partial charge in [-0.2, -0.15) is 0 Å². The molecule has 0 spiro atoms. The van der Waals surface area contributed by atoms with Crippen LogP contribution >= 0.6 is 23.4 Å². The van der Waals surface area contributed by atoms with E-state index < -0.39 is 0 Å². The Hall–Kier alpha value is -1.71. The minimum absolute atomic E-state index is 0.132. The van der Waals surface area contributed by atoms with Gasteiger partial charge in [-0.1, -0.05) is 35.9 Å². The molecule has 2 aromatic carbocycles. The normalized spacial score (nSPS) is 16.9. The average Bonchev–Trinajstić information content (AvgIpc) is 2.97. The van der Waals surface area contributed by atoms with E-state index in [2.05, 4.69) is 45.9 Å². The van der Waals surface area contributed by atoms with Crippen molar-refractivity contribution < 1.29 is 0 Å². The Kier molecular flexibility index (Phi) is 3.24. The fraction of sp³-hybridized carbons (Fsp3) is 0.118. The minimum atomic E-state index is 0.132. The van der Waals surface area contributed by atoms with Gasteiger partial charge in [0.05, 0.1) is 12.4 Å². The van der Waals surface area contributed by atoms with Crippen LogP contribution in [0.4, 0.5) is 0 Å². The molecule has 0 saturated heterocycles. The summed E-state index contributed by atoms with van der Waals surface area (Å²) in [6.45, 7) is 0. The highest BCUT2D eigenvalue weighted by Gasteiger charge is 2.25. The lowest BCUT2D eigenvalue weighted by atomic mass is 9.95. The Morgan fingerprint density at radius 3 is 2.90 bits per heavy atom. The van der Waals surface area contributed by atoms with Gasteiger partial charge in [-0.25, -0.2) is 4.98 Å². The maximum absolute atomic E-state index is 6.25. The summed E-state index contributed by atoms with van der Waals surface area (Å²) < 4.78 is 2.15. The molecule has 0 N–H and O–H groups in total. The zero-order chi connectivity index (χ0) is 14.2. The van der Waals surface area contributed by atoms with Crippen molar-refractivity contribution in [2.75, 3.05) is 0 Å². The third kappa shape index (κ3) is 2.27. The zero-order valence-corrected chi connectivity index (χ0v) is 12.8. The number of fused-ring (bicyclic) bond motifs is 2. The monoisotopic (exact) mass is 312 g/mol. The highest BCUT2D eigenvalue weighted by Crippen LogP contribution is 2.42. The van der Waals surface area contributed by atoms with Crippen LogP contribution in [0.3, 0.4) is 0 Å². The summed E-state index contributed by atoms with van der Waals surface area (Å²) in [5.74, 6) is 0.982. The number of benzene rings is 2. The van der Waals surface area contributed by atoms with E-state index in [9.17, 15) is 0 Å². The predicted molar refractivity (Wildman–Crippen MR) is 86.9 cm³/mol. The molecule has 1 unspecified atom stereocenters. The number of aromatic nitrogens is 2. The van der Waals surface area contributed by atoms with Gasteiger partial charge in [-0.15, -0.1) is 11.8 Å². The van der Waals surface area contributed by atoms with E-state index >= 15 is 0 Å². The molecule has 0 fully saturated rings. The van der Waals surface area contributed by atoms with E-state index in [4.69, 9.17) is 11.6 Å². The Labute approximate surface area is 132 Å². The summed E-state index contributed by atoms with van der Waals surface area (Å²) in [5.41, 5.74) is 3.94. The van der Waals surface area contributed by atoms with Crippen molar-refractivity contribution in [3.8, 4) is 0 Å². The first-order valence-corrected chi connectivity index (χ1v) is 8.17. The summed E-state index contributed by atoms with van der Waals surface area (Å²) in [7, 11) is 0. The van der Waals surface area contributed by atoms with Gasteiger partial charge in [0, 0.05) is 28.1 Å². The molecule has 0 bridgehead atoms. The second-order valence-electron chi connectivity index (χ2n) is 5.08. The van der Waals surface area contributed by atoms with E-state index in [1.165, 1.54) is 21.6 Å². The van der Waals surface area contributed by atoms with Crippen LogP contribution in [0.25, 0.3) is 0 Å². The number of hydrogen-bond acceptors (Lipinski definition) is 2. The lowest BCUT2D eigenvalue weighted by Gasteiger charge is -2.21. The molecule has 0 aliphatic carbocycles. The number of rotatable bonds is 1. The van der Waals surface area contributed by atoms with Crippen LogP contribution in [0.5, 0.6) is 0 Å². The first kappa shape index (κ1) is 13.0. The second kappa shape index (κ2) is 5.24. The smallest absolute Gasteiger partial charge is 0.0954 e. The standard InChI is InChI=1S/C17H13ClN2S/c18-13-5-6-16-15(9-13)17(20-8-7-19-11-20)14-4-2-1-3-12(14)10-21-16/h1-9,11,17H,10H2. The first-order chi connectivity index (χ1) is 10.3. The number of nitrogens with zero attached hydrogens (tertiary/aromatic N) is 2. The van der Waals surface area contributed by atoms with Crippen LogP contribution in [0, 0.1) is 0 Å². The third-order valence-corrected chi connectivity index (χ3v) is 5.20. The van der Waals surface area contributed by atoms with Crippen molar-refractivity contribution in [2.45, 2.75) is 16.7 Å². The molecule has 1 aliphatic rings. The summed E-state index contributed by atoms with van der Waals surface area (Å²) in [4.78, 5) is 5.51. The third-order valence-electron chi connectivity index (χ3n) is 3.82. The summed E-state index contributed by atoms with van der Waals surface area (Å²) >= 11 is 8.12. The topological polar surface area (TPSA) is 17.8 Å². The molecule has 1 aromatic heterocycles. The van der Waals surface area contributed by atoms with Gasteiger partial charge in [0.2, 0.25) is 0 Å². The summed E-state index contributed by atoms with van der Waals surface area (Å²) in [6.07, 6.45) is 5.72. The van der Waals surface area contributed by atoms with Crippen molar-refractivity contribution in [3.63, 3.8) is 0 Å². The highest BCUT2D eigenvalue weighted by atomic mass is 35.5. The van der Waals surface area contributed by atoms with Gasteiger partial charge in [-0.3, -0.25) is 0 Å². The Bertz CT molecular complexity index is 783. The molecule has 3 aromatic rings. The van der Waals surface area contributed by atoms with Crippen molar-refractivity contribution in [3.05, 3.63) is 82.9 Å². The van der Waals surface area contributed by atoms with Gasteiger partial charge in [0.15, 0.2) is 0 Å². The molecular formula is C17H13ClN2S. The van der Waals surface area contributed by atoms with Crippen molar-refractivity contribution in [2.24, 2.45) is 0 Å². The predicted octanol–water partition coefficient (Wildman–Crippen LogP) is 4.78. The van der Waals surface area contributed by atoms with Crippen LogP contribution < -0.4 is 0 Å². The maximum Gasteiger partial charge on any atom is 0.0954 e. The van der Waals surface area contributed by atoms with Gasteiger partial charge >= 0.3 is 0 Å². The number of hydrogen-bond donors (Lipinski definition) is 0. The molecule has 4 rings (SSSR count). The molecule has 104 valence electrons. The molecule has 0 saturated carbocycles.